The van der Waals surface area contributed by atoms with Crippen LogP contribution in [0.4, 0.5) is 0 Å². The van der Waals surface area contributed by atoms with Crippen LogP contribution in [0.2, 0.25) is 0 Å². The summed E-state index contributed by atoms with van der Waals surface area (Å²) in [7, 11) is 0. The molecule has 0 heteroatoms. The standard InChI is InChI=1S/C17H30/c1-3-5-7-9-11-13-15-17-16-14-12-10-8-6-4-2/h5,7,13,15-17H,3-4,6,8-12,14H2,1-2H3. The van der Waals surface area contributed by atoms with Gasteiger partial charge in [-0.3, -0.25) is 0 Å². The van der Waals surface area contributed by atoms with Crippen LogP contribution in [0.15, 0.2) is 36.5 Å². The molecule has 0 aliphatic rings. The molecule has 0 rings (SSSR count). The van der Waals surface area contributed by atoms with Gasteiger partial charge in [-0.25, -0.2) is 0 Å². The fourth-order valence-electron chi connectivity index (χ4n) is 1.69. The molecule has 0 aromatic carbocycles. The lowest BCUT2D eigenvalue weighted by Gasteiger charge is -1.95. The Hall–Kier alpha value is -0.780. The first-order valence-corrected chi connectivity index (χ1v) is 7.38. The third-order valence-corrected chi connectivity index (χ3v) is 2.76. The second kappa shape index (κ2) is 15.2. The van der Waals surface area contributed by atoms with E-state index >= 15 is 0 Å². The van der Waals surface area contributed by atoms with Crippen LogP contribution in [-0.2, 0) is 0 Å². The van der Waals surface area contributed by atoms with Gasteiger partial charge in [0.15, 0.2) is 0 Å². The lowest BCUT2D eigenvalue weighted by molar-refractivity contribution is 0.637. The molecule has 0 N–H and O–H groups in total. The predicted octanol–water partition coefficient (Wildman–Crippen LogP) is 6.21. The molecular weight excluding hydrogens is 204 g/mol. The zero-order chi connectivity index (χ0) is 12.6. The molecule has 0 bridgehead atoms. The van der Waals surface area contributed by atoms with Gasteiger partial charge in [0, 0.05) is 0 Å². The summed E-state index contributed by atoms with van der Waals surface area (Å²) in [6.45, 7) is 4.44. The van der Waals surface area contributed by atoms with E-state index in [-0.39, 0.29) is 0 Å². The Morgan fingerprint density at radius 3 is 1.94 bits per heavy atom. The molecule has 0 aliphatic carbocycles. The molecule has 17 heavy (non-hydrogen) atoms. The van der Waals surface area contributed by atoms with E-state index in [0.717, 1.165) is 12.8 Å². The van der Waals surface area contributed by atoms with E-state index in [2.05, 4.69) is 50.3 Å². The van der Waals surface area contributed by atoms with Gasteiger partial charge in [-0.05, 0) is 32.1 Å². The Morgan fingerprint density at radius 2 is 1.24 bits per heavy atom. The molecule has 0 amide bonds. The van der Waals surface area contributed by atoms with Gasteiger partial charge in [0.1, 0.15) is 0 Å². The smallest absolute Gasteiger partial charge is 0.0313 e. The van der Waals surface area contributed by atoms with Crippen LogP contribution >= 0.6 is 0 Å². The van der Waals surface area contributed by atoms with E-state index in [1.165, 1.54) is 44.9 Å². The van der Waals surface area contributed by atoms with E-state index in [9.17, 15) is 0 Å². The number of hydrogen-bond acceptors (Lipinski definition) is 0. The molecule has 0 atom stereocenters. The maximum atomic E-state index is 2.30. The topological polar surface area (TPSA) is 0 Å². The van der Waals surface area contributed by atoms with Gasteiger partial charge in [0.05, 0.1) is 0 Å². The van der Waals surface area contributed by atoms with Crippen molar-refractivity contribution in [1.82, 2.24) is 0 Å². The number of unbranched alkanes of at least 4 members (excludes halogenated alkanes) is 6. The molecule has 0 unspecified atom stereocenters. The van der Waals surface area contributed by atoms with Crippen LogP contribution in [0.1, 0.15) is 71.6 Å². The fraction of sp³-hybridized carbons (Fsp3) is 0.647. The van der Waals surface area contributed by atoms with Crippen LogP contribution < -0.4 is 0 Å². The zero-order valence-electron chi connectivity index (χ0n) is 11.8. The quantitative estimate of drug-likeness (QED) is 0.227. The molecule has 0 spiro atoms. The molecule has 0 saturated heterocycles. The Bertz CT molecular complexity index is 208. The maximum absolute atomic E-state index is 2.30. The molecular formula is C17H30. The molecule has 0 aromatic heterocycles. The Morgan fingerprint density at radius 1 is 0.588 bits per heavy atom. The van der Waals surface area contributed by atoms with Gasteiger partial charge in [-0.2, -0.15) is 0 Å². The van der Waals surface area contributed by atoms with Crippen LogP contribution in [-0.4, -0.2) is 0 Å². The summed E-state index contributed by atoms with van der Waals surface area (Å²) in [5, 5.41) is 0. The minimum absolute atomic E-state index is 1.15. The van der Waals surface area contributed by atoms with Gasteiger partial charge < -0.3 is 0 Å². The van der Waals surface area contributed by atoms with Crippen molar-refractivity contribution in [2.24, 2.45) is 0 Å². The summed E-state index contributed by atoms with van der Waals surface area (Å²) in [4.78, 5) is 0. The normalized spacial score (nSPS) is 12.4. The van der Waals surface area contributed by atoms with E-state index in [1.807, 2.05) is 0 Å². The Labute approximate surface area is 109 Å². The summed E-state index contributed by atoms with van der Waals surface area (Å²) < 4.78 is 0. The second-order valence-electron chi connectivity index (χ2n) is 4.52. The van der Waals surface area contributed by atoms with Gasteiger partial charge in [-0.15, -0.1) is 0 Å². The van der Waals surface area contributed by atoms with E-state index < -0.39 is 0 Å². The fourth-order valence-corrected chi connectivity index (χ4v) is 1.69. The summed E-state index contributed by atoms with van der Waals surface area (Å²) >= 11 is 0. The van der Waals surface area contributed by atoms with E-state index in [4.69, 9.17) is 0 Å². The Balaban J connectivity index is 3.23. The maximum Gasteiger partial charge on any atom is -0.0313 e. The summed E-state index contributed by atoms with van der Waals surface area (Å²) in [6.07, 6.45) is 25.1. The lowest BCUT2D eigenvalue weighted by atomic mass is 10.1. The van der Waals surface area contributed by atoms with Crippen molar-refractivity contribution in [1.29, 1.82) is 0 Å². The summed E-state index contributed by atoms with van der Waals surface area (Å²) in [5.41, 5.74) is 0. The van der Waals surface area contributed by atoms with Crippen molar-refractivity contribution in [3.05, 3.63) is 36.5 Å². The van der Waals surface area contributed by atoms with E-state index in [1.54, 1.807) is 0 Å². The first kappa shape index (κ1) is 16.2. The van der Waals surface area contributed by atoms with Crippen LogP contribution in [0.25, 0.3) is 0 Å². The van der Waals surface area contributed by atoms with Crippen molar-refractivity contribution < 1.29 is 0 Å². The zero-order valence-corrected chi connectivity index (χ0v) is 11.8. The molecule has 0 fully saturated rings. The van der Waals surface area contributed by atoms with Gasteiger partial charge in [0.2, 0.25) is 0 Å². The number of rotatable bonds is 11. The van der Waals surface area contributed by atoms with Crippen molar-refractivity contribution in [3.8, 4) is 0 Å². The largest absolute Gasteiger partial charge is 0.0888 e. The molecule has 0 aromatic rings. The van der Waals surface area contributed by atoms with Crippen LogP contribution in [0.3, 0.4) is 0 Å². The average molecular weight is 234 g/mol. The van der Waals surface area contributed by atoms with Crippen molar-refractivity contribution in [2.45, 2.75) is 71.6 Å². The first-order valence-electron chi connectivity index (χ1n) is 7.38. The second-order valence-corrected chi connectivity index (χ2v) is 4.52. The monoisotopic (exact) mass is 234 g/mol. The highest BCUT2D eigenvalue weighted by Crippen LogP contribution is 2.05. The highest BCUT2D eigenvalue weighted by molar-refractivity contribution is 5.02. The highest BCUT2D eigenvalue weighted by atomic mass is 13.9. The predicted molar refractivity (Wildman–Crippen MR) is 80.3 cm³/mol. The molecule has 0 heterocycles. The van der Waals surface area contributed by atoms with Gasteiger partial charge in [-0.1, -0.05) is 76.0 Å². The van der Waals surface area contributed by atoms with Gasteiger partial charge >= 0.3 is 0 Å². The SMILES string of the molecule is CCC=CCCC=CC=CCCCCCCC. The molecule has 98 valence electrons. The molecule has 0 aliphatic heterocycles. The minimum Gasteiger partial charge on any atom is -0.0888 e. The molecule has 0 radical (unpaired) electrons. The molecule has 0 nitrogen and oxygen atoms in total. The number of allylic oxidation sites excluding steroid dienone is 6. The third-order valence-electron chi connectivity index (χ3n) is 2.76. The van der Waals surface area contributed by atoms with Crippen molar-refractivity contribution in [3.63, 3.8) is 0 Å². The summed E-state index contributed by atoms with van der Waals surface area (Å²) in [5.74, 6) is 0. The molecule has 0 saturated carbocycles. The minimum atomic E-state index is 1.15. The van der Waals surface area contributed by atoms with Crippen molar-refractivity contribution in [2.75, 3.05) is 0 Å². The van der Waals surface area contributed by atoms with Crippen LogP contribution in [0.5, 0.6) is 0 Å². The summed E-state index contributed by atoms with van der Waals surface area (Å²) in [6, 6.07) is 0. The van der Waals surface area contributed by atoms with Gasteiger partial charge in [0.25, 0.3) is 0 Å². The lowest BCUT2D eigenvalue weighted by Crippen LogP contribution is -1.75. The number of hydrogen-bond donors (Lipinski definition) is 0. The Kier molecular flexibility index (Phi) is 14.5. The third kappa shape index (κ3) is 15.2. The van der Waals surface area contributed by atoms with Crippen molar-refractivity contribution >= 4 is 0 Å². The first-order chi connectivity index (χ1) is 8.41. The van der Waals surface area contributed by atoms with Crippen LogP contribution in [0, 0.1) is 0 Å². The average Bonchev–Trinajstić information content (AvgIpc) is 2.35. The highest BCUT2D eigenvalue weighted by Gasteiger charge is 1.85. The van der Waals surface area contributed by atoms with E-state index in [0.29, 0.717) is 0 Å².